The monoisotopic (exact) mass is 274 g/mol. The maximum absolute atomic E-state index is 12.3. The van der Waals surface area contributed by atoms with Crippen molar-refractivity contribution >= 4 is 5.91 Å². The average Bonchev–Trinajstić information content (AvgIpc) is 2.94. The molecule has 5 nitrogen and oxygen atoms in total. The molecule has 0 aliphatic rings. The first-order valence-electron chi connectivity index (χ1n) is 6.57. The summed E-state index contributed by atoms with van der Waals surface area (Å²) in [5, 5.41) is 12.9. The van der Waals surface area contributed by atoms with Gasteiger partial charge in [0.2, 0.25) is 5.76 Å². The highest BCUT2D eigenvalue weighted by molar-refractivity contribution is 5.92. The Bertz CT molecular complexity index is 564. The van der Waals surface area contributed by atoms with Gasteiger partial charge in [-0.15, -0.1) is 0 Å². The molecule has 0 fully saturated rings. The van der Waals surface area contributed by atoms with Gasteiger partial charge in [-0.05, 0) is 13.8 Å². The molecule has 1 aromatic heterocycles. The lowest BCUT2D eigenvalue weighted by Gasteiger charge is -2.24. The normalized spacial score (nSPS) is 10.8. The highest BCUT2D eigenvalue weighted by Gasteiger charge is 2.22. The van der Waals surface area contributed by atoms with Crippen LogP contribution < -0.4 is 0 Å². The molecule has 0 unspecified atom stereocenters. The van der Waals surface area contributed by atoms with Crippen LogP contribution in [0.1, 0.15) is 24.4 Å². The summed E-state index contributed by atoms with van der Waals surface area (Å²) in [6, 6.07) is 11.1. The van der Waals surface area contributed by atoms with Crippen molar-refractivity contribution < 1.29 is 14.4 Å². The third-order valence-corrected chi connectivity index (χ3v) is 3.02. The molecular weight excluding hydrogens is 256 g/mol. The van der Waals surface area contributed by atoms with Crippen LogP contribution in [0.3, 0.4) is 0 Å². The molecule has 0 bridgehead atoms. The van der Waals surface area contributed by atoms with Crippen LogP contribution in [-0.4, -0.2) is 40.3 Å². The van der Waals surface area contributed by atoms with Crippen LogP contribution in [0.2, 0.25) is 0 Å². The molecule has 0 saturated carbocycles. The second-order valence-corrected chi connectivity index (χ2v) is 4.76. The van der Waals surface area contributed by atoms with Crippen LogP contribution >= 0.6 is 0 Å². The van der Waals surface area contributed by atoms with E-state index in [-0.39, 0.29) is 30.9 Å². The first kappa shape index (κ1) is 14.3. The number of nitrogens with zero attached hydrogens (tertiary/aromatic N) is 2. The molecule has 1 N–H and O–H groups in total. The maximum Gasteiger partial charge on any atom is 0.292 e. The quantitative estimate of drug-likeness (QED) is 0.907. The van der Waals surface area contributed by atoms with E-state index in [0.717, 1.165) is 5.56 Å². The van der Waals surface area contributed by atoms with E-state index in [0.29, 0.717) is 5.69 Å². The number of aliphatic hydroxyl groups excluding tert-OH is 1. The largest absolute Gasteiger partial charge is 0.395 e. The molecule has 20 heavy (non-hydrogen) atoms. The van der Waals surface area contributed by atoms with E-state index in [2.05, 4.69) is 5.16 Å². The first-order valence-corrected chi connectivity index (χ1v) is 6.57. The van der Waals surface area contributed by atoms with E-state index >= 15 is 0 Å². The Morgan fingerprint density at radius 1 is 1.35 bits per heavy atom. The third kappa shape index (κ3) is 3.05. The van der Waals surface area contributed by atoms with Gasteiger partial charge < -0.3 is 14.5 Å². The molecule has 1 amide bonds. The maximum atomic E-state index is 12.3. The average molecular weight is 274 g/mol. The molecule has 2 aromatic rings. The summed E-state index contributed by atoms with van der Waals surface area (Å²) < 4.78 is 5.14. The van der Waals surface area contributed by atoms with E-state index in [1.54, 1.807) is 11.0 Å². The van der Waals surface area contributed by atoms with Gasteiger partial charge in [0.1, 0.15) is 5.69 Å². The molecule has 2 rings (SSSR count). The second-order valence-electron chi connectivity index (χ2n) is 4.76. The van der Waals surface area contributed by atoms with Crippen molar-refractivity contribution in [3.63, 3.8) is 0 Å². The smallest absolute Gasteiger partial charge is 0.292 e. The molecule has 0 saturated heterocycles. The molecule has 0 spiro atoms. The van der Waals surface area contributed by atoms with Crippen LogP contribution in [0.15, 0.2) is 40.9 Å². The van der Waals surface area contributed by atoms with Crippen molar-refractivity contribution in [2.75, 3.05) is 13.2 Å². The molecule has 1 heterocycles. The summed E-state index contributed by atoms with van der Waals surface area (Å²) in [5.41, 5.74) is 1.52. The predicted octanol–water partition coefficient (Wildman–Crippen LogP) is 2.18. The van der Waals surface area contributed by atoms with E-state index in [9.17, 15) is 4.79 Å². The van der Waals surface area contributed by atoms with Crippen molar-refractivity contribution in [3.05, 3.63) is 42.2 Å². The third-order valence-electron chi connectivity index (χ3n) is 3.02. The van der Waals surface area contributed by atoms with Crippen LogP contribution in [0.5, 0.6) is 0 Å². The van der Waals surface area contributed by atoms with E-state index in [1.807, 2.05) is 44.2 Å². The number of benzene rings is 1. The molecule has 0 radical (unpaired) electrons. The Hall–Kier alpha value is -2.14. The number of aliphatic hydroxyl groups is 1. The van der Waals surface area contributed by atoms with Crippen LogP contribution in [0.25, 0.3) is 11.3 Å². The van der Waals surface area contributed by atoms with Crippen molar-refractivity contribution in [1.82, 2.24) is 10.1 Å². The van der Waals surface area contributed by atoms with E-state index in [4.69, 9.17) is 9.63 Å². The SMILES string of the molecule is CC(C)N(CCO)C(=O)c1cc(-c2ccccc2)no1. The number of carbonyl (C=O) groups is 1. The lowest BCUT2D eigenvalue weighted by Crippen LogP contribution is -2.38. The highest BCUT2D eigenvalue weighted by Crippen LogP contribution is 2.19. The molecule has 5 heteroatoms. The van der Waals surface area contributed by atoms with Crippen LogP contribution in [-0.2, 0) is 0 Å². The molecule has 0 aliphatic carbocycles. The minimum atomic E-state index is -0.260. The summed E-state index contributed by atoms with van der Waals surface area (Å²) in [5.74, 6) is -0.0743. The topological polar surface area (TPSA) is 66.6 Å². The molecule has 106 valence electrons. The lowest BCUT2D eigenvalue weighted by molar-refractivity contribution is 0.0623. The zero-order valence-electron chi connectivity index (χ0n) is 11.6. The Balaban J connectivity index is 2.22. The van der Waals surface area contributed by atoms with Gasteiger partial charge in [-0.3, -0.25) is 4.79 Å². The Morgan fingerprint density at radius 3 is 2.65 bits per heavy atom. The summed E-state index contributed by atoms with van der Waals surface area (Å²) in [7, 11) is 0. The fraction of sp³-hybridized carbons (Fsp3) is 0.333. The zero-order valence-corrected chi connectivity index (χ0v) is 11.6. The number of carbonyl (C=O) groups excluding carboxylic acids is 1. The van der Waals surface area contributed by atoms with Crippen molar-refractivity contribution in [3.8, 4) is 11.3 Å². The Kier molecular flexibility index (Phi) is 4.53. The van der Waals surface area contributed by atoms with Gasteiger partial charge in [0.15, 0.2) is 0 Å². The van der Waals surface area contributed by atoms with Crippen molar-refractivity contribution in [1.29, 1.82) is 0 Å². The first-order chi connectivity index (χ1) is 9.63. The van der Waals surface area contributed by atoms with Gasteiger partial charge >= 0.3 is 0 Å². The minimum absolute atomic E-state index is 0.0140. The molecule has 0 aliphatic heterocycles. The van der Waals surface area contributed by atoms with Crippen LogP contribution in [0.4, 0.5) is 0 Å². The van der Waals surface area contributed by atoms with E-state index in [1.165, 1.54) is 0 Å². The fourth-order valence-electron chi connectivity index (χ4n) is 1.96. The van der Waals surface area contributed by atoms with Gasteiger partial charge in [-0.2, -0.15) is 0 Å². The second kappa shape index (κ2) is 6.34. The zero-order chi connectivity index (χ0) is 14.5. The Morgan fingerprint density at radius 2 is 2.05 bits per heavy atom. The number of amides is 1. The predicted molar refractivity (Wildman–Crippen MR) is 75.2 cm³/mol. The summed E-state index contributed by atoms with van der Waals surface area (Å²) >= 11 is 0. The molecular formula is C15H18N2O3. The molecule has 1 aromatic carbocycles. The van der Waals surface area contributed by atoms with Gasteiger partial charge in [0.25, 0.3) is 5.91 Å². The number of hydrogen-bond acceptors (Lipinski definition) is 4. The van der Waals surface area contributed by atoms with Crippen molar-refractivity contribution in [2.24, 2.45) is 0 Å². The summed E-state index contributed by atoms with van der Waals surface area (Å²) in [6.07, 6.45) is 0. The molecule has 0 atom stereocenters. The van der Waals surface area contributed by atoms with Crippen molar-refractivity contribution in [2.45, 2.75) is 19.9 Å². The number of aromatic nitrogens is 1. The van der Waals surface area contributed by atoms with Gasteiger partial charge in [0, 0.05) is 24.2 Å². The van der Waals surface area contributed by atoms with Gasteiger partial charge in [-0.1, -0.05) is 35.5 Å². The van der Waals surface area contributed by atoms with Crippen LogP contribution in [0, 0.1) is 0 Å². The lowest BCUT2D eigenvalue weighted by atomic mass is 10.1. The summed E-state index contributed by atoms with van der Waals surface area (Å²) in [6.45, 7) is 3.98. The Labute approximate surface area is 117 Å². The summed E-state index contributed by atoms with van der Waals surface area (Å²) in [4.78, 5) is 13.9. The fourth-order valence-corrected chi connectivity index (χ4v) is 1.96. The number of rotatable bonds is 5. The minimum Gasteiger partial charge on any atom is -0.395 e. The van der Waals surface area contributed by atoms with Gasteiger partial charge in [0.05, 0.1) is 6.61 Å². The number of hydrogen-bond donors (Lipinski definition) is 1. The standard InChI is InChI=1S/C15H18N2O3/c1-11(2)17(8-9-18)15(19)14-10-13(16-20-14)12-6-4-3-5-7-12/h3-7,10-11,18H,8-9H2,1-2H3. The van der Waals surface area contributed by atoms with Gasteiger partial charge in [-0.25, -0.2) is 0 Å². The van der Waals surface area contributed by atoms with E-state index < -0.39 is 0 Å². The highest BCUT2D eigenvalue weighted by atomic mass is 16.5.